The van der Waals surface area contributed by atoms with Crippen LogP contribution in [0, 0.1) is 0 Å². The van der Waals surface area contributed by atoms with Crippen molar-refractivity contribution in [3.8, 4) is 0 Å². The SMILES string of the molecule is CCN1CCOC(CNc2nc(CC(=O)OC)cs2)C1. The van der Waals surface area contributed by atoms with Gasteiger partial charge in [0.2, 0.25) is 0 Å². The van der Waals surface area contributed by atoms with E-state index in [1.54, 1.807) is 0 Å². The number of thiazole rings is 1. The van der Waals surface area contributed by atoms with Crippen molar-refractivity contribution >= 4 is 22.4 Å². The van der Waals surface area contributed by atoms with E-state index in [0.717, 1.165) is 43.6 Å². The molecule has 0 aromatic carbocycles. The first kappa shape index (κ1) is 15.2. The van der Waals surface area contributed by atoms with Gasteiger partial charge in [0.25, 0.3) is 0 Å². The van der Waals surface area contributed by atoms with Crippen LogP contribution in [0.5, 0.6) is 0 Å². The zero-order chi connectivity index (χ0) is 14.4. The van der Waals surface area contributed by atoms with E-state index in [4.69, 9.17) is 4.74 Å². The van der Waals surface area contributed by atoms with E-state index in [1.807, 2.05) is 5.38 Å². The lowest BCUT2D eigenvalue weighted by atomic mass is 10.2. The number of morpholine rings is 1. The van der Waals surface area contributed by atoms with Crippen molar-refractivity contribution in [3.63, 3.8) is 0 Å². The van der Waals surface area contributed by atoms with Crippen LogP contribution in [-0.2, 0) is 20.7 Å². The molecule has 1 fully saturated rings. The third-order valence-corrected chi connectivity index (χ3v) is 4.10. The van der Waals surface area contributed by atoms with Gasteiger partial charge in [0.1, 0.15) is 0 Å². The highest BCUT2D eigenvalue weighted by molar-refractivity contribution is 7.13. The number of hydrogen-bond donors (Lipinski definition) is 1. The lowest BCUT2D eigenvalue weighted by molar-refractivity contribution is -0.139. The van der Waals surface area contributed by atoms with Crippen LogP contribution in [0.4, 0.5) is 5.13 Å². The zero-order valence-electron chi connectivity index (χ0n) is 11.9. The fraction of sp³-hybridized carbons (Fsp3) is 0.692. The van der Waals surface area contributed by atoms with Crippen molar-refractivity contribution in [1.29, 1.82) is 0 Å². The Balaban J connectivity index is 1.77. The maximum Gasteiger partial charge on any atom is 0.311 e. The van der Waals surface area contributed by atoms with Crippen molar-refractivity contribution < 1.29 is 14.3 Å². The molecule has 1 aromatic heterocycles. The second-order valence-electron chi connectivity index (χ2n) is 4.66. The number of ether oxygens (including phenoxy) is 2. The molecule has 1 N–H and O–H groups in total. The van der Waals surface area contributed by atoms with E-state index in [2.05, 4.69) is 26.9 Å². The first-order valence-corrected chi connectivity index (χ1v) is 7.68. The van der Waals surface area contributed by atoms with Gasteiger partial charge in [-0.3, -0.25) is 9.69 Å². The average Bonchev–Trinajstić information content (AvgIpc) is 2.92. The molecule has 1 saturated heterocycles. The molecule has 2 rings (SSSR count). The van der Waals surface area contributed by atoms with E-state index >= 15 is 0 Å². The first-order chi connectivity index (χ1) is 9.71. The van der Waals surface area contributed by atoms with Gasteiger partial charge in [-0.15, -0.1) is 11.3 Å². The van der Waals surface area contributed by atoms with Gasteiger partial charge in [-0.1, -0.05) is 6.92 Å². The highest BCUT2D eigenvalue weighted by atomic mass is 32.1. The highest BCUT2D eigenvalue weighted by Gasteiger charge is 2.19. The lowest BCUT2D eigenvalue weighted by Crippen LogP contribution is -2.45. The van der Waals surface area contributed by atoms with Gasteiger partial charge in [-0.05, 0) is 6.54 Å². The number of methoxy groups -OCH3 is 1. The van der Waals surface area contributed by atoms with E-state index in [-0.39, 0.29) is 18.5 Å². The average molecular weight is 299 g/mol. The summed E-state index contributed by atoms with van der Waals surface area (Å²) < 4.78 is 10.3. The van der Waals surface area contributed by atoms with Gasteiger partial charge in [-0.25, -0.2) is 4.98 Å². The summed E-state index contributed by atoms with van der Waals surface area (Å²) in [5.41, 5.74) is 0.740. The second kappa shape index (κ2) is 7.56. The molecule has 1 aliphatic rings. The van der Waals surface area contributed by atoms with Crippen LogP contribution in [0.25, 0.3) is 0 Å². The van der Waals surface area contributed by atoms with Gasteiger partial charge >= 0.3 is 5.97 Å². The molecule has 0 radical (unpaired) electrons. The van der Waals surface area contributed by atoms with Gasteiger partial charge in [0, 0.05) is 25.0 Å². The monoisotopic (exact) mass is 299 g/mol. The summed E-state index contributed by atoms with van der Waals surface area (Å²) in [6, 6.07) is 0. The molecule has 1 aliphatic heterocycles. The van der Waals surface area contributed by atoms with Gasteiger partial charge in [0.05, 0.1) is 31.9 Å². The van der Waals surface area contributed by atoms with E-state index in [0.29, 0.717) is 0 Å². The Bertz CT molecular complexity index is 438. The molecule has 0 saturated carbocycles. The Hall–Kier alpha value is -1.18. The normalized spacial score (nSPS) is 19.8. The smallest absolute Gasteiger partial charge is 0.311 e. The minimum atomic E-state index is -0.268. The van der Waals surface area contributed by atoms with Crippen LogP contribution in [0.1, 0.15) is 12.6 Å². The van der Waals surface area contributed by atoms with E-state index < -0.39 is 0 Å². The number of esters is 1. The molecule has 0 amide bonds. The third kappa shape index (κ3) is 4.43. The number of likely N-dealkylation sites (N-methyl/N-ethyl adjacent to an activating group) is 1. The minimum Gasteiger partial charge on any atom is -0.469 e. The van der Waals surface area contributed by atoms with Crippen molar-refractivity contribution in [2.75, 3.05) is 45.2 Å². The standard InChI is InChI=1S/C13H21N3O3S/c1-3-16-4-5-19-11(8-16)7-14-13-15-10(9-20-13)6-12(17)18-2/h9,11H,3-8H2,1-2H3,(H,14,15). The maximum atomic E-state index is 11.2. The molecular formula is C13H21N3O3S. The molecular weight excluding hydrogens is 278 g/mol. The van der Waals surface area contributed by atoms with Gasteiger partial charge in [0.15, 0.2) is 5.13 Å². The van der Waals surface area contributed by atoms with Crippen LogP contribution in [0.15, 0.2) is 5.38 Å². The number of anilines is 1. The predicted octanol–water partition coefficient (Wildman–Crippen LogP) is 0.991. The zero-order valence-corrected chi connectivity index (χ0v) is 12.7. The topological polar surface area (TPSA) is 63.7 Å². The fourth-order valence-corrected chi connectivity index (χ4v) is 2.80. The van der Waals surface area contributed by atoms with Crippen LogP contribution in [0.2, 0.25) is 0 Å². The largest absolute Gasteiger partial charge is 0.469 e. The Kier molecular flexibility index (Phi) is 5.75. The molecule has 0 aliphatic carbocycles. The molecule has 1 unspecified atom stereocenters. The van der Waals surface area contributed by atoms with Crippen molar-refractivity contribution in [2.45, 2.75) is 19.4 Å². The quantitative estimate of drug-likeness (QED) is 0.790. The summed E-state index contributed by atoms with van der Waals surface area (Å²) in [4.78, 5) is 17.9. The number of aromatic nitrogens is 1. The number of carbonyl (C=O) groups is 1. The molecule has 6 nitrogen and oxygen atoms in total. The Labute approximate surface area is 123 Å². The van der Waals surface area contributed by atoms with Crippen LogP contribution in [-0.4, -0.2) is 61.9 Å². The molecule has 20 heavy (non-hydrogen) atoms. The molecule has 7 heteroatoms. The summed E-state index contributed by atoms with van der Waals surface area (Å²) in [5.74, 6) is -0.268. The highest BCUT2D eigenvalue weighted by Crippen LogP contribution is 2.16. The van der Waals surface area contributed by atoms with Crippen molar-refractivity contribution in [3.05, 3.63) is 11.1 Å². The fourth-order valence-electron chi connectivity index (χ4n) is 2.08. The van der Waals surface area contributed by atoms with Crippen LogP contribution >= 0.6 is 11.3 Å². The Morgan fingerprint density at radius 3 is 3.30 bits per heavy atom. The molecule has 2 heterocycles. The second-order valence-corrected chi connectivity index (χ2v) is 5.52. The van der Waals surface area contributed by atoms with Crippen LogP contribution < -0.4 is 5.32 Å². The molecule has 1 atom stereocenters. The number of carbonyl (C=O) groups excluding carboxylic acids is 1. The third-order valence-electron chi connectivity index (χ3n) is 3.26. The number of nitrogens with zero attached hydrogens (tertiary/aromatic N) is 2. The van der Waals surface area contributed by atoms with E-state index in [9.17, 15) is 4.79 Å². The summed E-state index contributed by atoms with van der Waals surface area (Å²) in [5, 5.41) is 5.97. The number of hydrogen-bond acceptors (Lipinski definition) is 7. The predicted molar refractivity (Wildman–Crippen MR) is 78.2 cm³/mol. The maximum absolute atomic E-state index is 11.2. The minimum absolute atomic E-state index is 0.191. The molecule has 0 spiro atoms. The van der Waals surface area contributed by atoms with E-state index in [1.165, 1.54) is 18.4 Å². The van der Waals surface area contributed by atoms with Crippen molar-refractivity contribution in [1.82, 2.24) is 9.88 Å². The lowest BCUT2D eigenvalue weighted by Gasteiger charge is -2.32. The van der Waals surface area contributed by atoms with Gasteiger partial charge < -0.3 is 14.8 Å². The molecule has 0 bridgehead atoms. The Morgan fingerprint density at radius 2 is 2.55 bits per heavy atom. The summed E-state index contributed by atoms with van der Waals surface area (Å²) in [6.07, 6.45) is 0.412. The Morgan fingerprint density at radius 1 is 1.70 bits per heavy atom. The van der Waals surface area contributed by atoms with Gasteiger partial charge in [-0.2, -0.15) is 0 Å². The number of rotatable bonds is 6. The summed E-state index contributed by atoms with van der Waals surface area (Å²) in [6.45, 7) is 6.70. The molecule has 112 valence electrons. The first-order valence-electron chi connectivity index (χ1n) is 6.80. The summed E-state index contributed by atoms with van der Waals surface area (Å²) >= 11 is 1.50. The van der Waals surface area contributed by atoms with Crippen LogP contribution in [0.3, 0.4) is 0 Å². The number of nitrogens with one attached hydrogen (secondary N) is 1. The summed E-state index contributed by atoms with van der Waals surface area (Å²) in [7, 11) is 1.38. The van der Waals surface area contributed by atoms with Crippen molar-refractivity contribution in [2.24, 2.45) is 0 Å². The molecule has 1 aromatic rings.